The maximum Gasteiger partial charge on any atom is 0.270 e. The number of aromatic nitrogens is 3. The van der Waals surface area contributed by atoms with Crippen molar-refractivity contribution in [1.29, 1.82) is 0 Å². The summed E-state index contributed by atoms with van der Waals surface area (Å²) in [5.74, 6) is 0.880. The van der Waals surface area contributed by atoms with Crippen LogP contribution >= 0.6 is 0 Å². The molecule has 6 nitrogen and oxygen atoms in total. The van der Waals surface area contributed by atoms with Crippen LogP contribution in [0.5, 0.6) is 0 Å². The molecule has 0 saturated heterocycles. The number of carbonyl (C=O) groups excluding carboxylic acids is 1. The Balaban J connectivity index is 2.04. The van der Waals surface area contributed by atoms with Gasteiger partial charge in [-0.25, -0.2) is 9.97 Å². The average molecular weight is 283 g/mol. The van der Waals surface area contributed by atoms with Crippen LogP contribution in [0.3, 0.4) is 0 Å². The van der Waals surface area contributed by atoms with E-state index < -0.39 is 0 Å². The fourth-order valence-corrected chi connectivity index (χ4v) is 1.72. The summed E-state index contributed by atoms with van der Waals surface area (Å²) in [4.78, 5) is 24.6. The van der Waals surface area contributed by atoms with Crippen LogP contribution in [-0.4, -0.2) is 27.4 Å². The topological polar surface area (TPSA) is 79.8 Å². The molecule has 0 unspecified atom stereocenters. The van der Waals surface area contributed by atoms with Crippen molar-refractivity contribution in [2.24, 2.45) is 0 Å². The standard InChI is InChI=1S/C15H17N5O/c1-3-7-17-14-9-13(19-11(2)20-14)15(21)18-10-12-6-4-5-8-16-12/h3-6,8-9H,1,7,10H2,2H3,(H,18,21)(H,17,19,20). The normalized spacial score (nSPS) is 9.95. The quantitative estimate of drug-likeness (QED) is 0.789. The SMILES string of the molecule is C=CCNc1cc(C(=O)NCc2ccccn2)nc(C)n1. The van der Waals surface area contributed by atoms with Crippen LogP contribution in [0.1, 0.15) is 22.0 Å². The molecule has 0 aliphatic rings. The molecule has 0 saturated carbocycles. The van der Waals surface area contributed by atoms with E-state index in [1.807, 2.05) is 18.2 Å². The lowest BCUT2D eigenvalue weighted by molar-refractivity contribution is 0.0945. The number of nitrogens with one attached hydrogen (secondary N) is 2. The van der Waals surface area contributed by atoms with Crippen LogP contribution in [0.4, 0.5) is 5.82 Å². The largest absolute Gasteiger partial charge is 0.366 e. The Hall–Kier alpha value is -2.76. The fourth-order valence-electron chi connectivity index (χ4n) is 1.72. The molecule has 0 radical (unpaired) electrons. The maximum absolute atomic E-state index is 12.1. The molecule has 0 bridgehead atoms. The first-order valence-corrected chi connectivity index (χ1v) is 6.57. The van der Waals surface area contributed by atoms with Gasteiger partial charge in [0, 0.05) is 18.8 Å². The van der Waals surface area contributed by atoms with Crippen molar-refractivity contribution in [2.45, 2.75) is 13.5 Å². The van der Waals surface area contributed by atoms with E-state index in [1.165, 1.54) is 0 Å². The Morgan fingerprint density at radius 2 is 2.24 bits per heavy atom. The van der Waals surface area contributed by atoms with Gasteiger partial charge in [0.15, 0.2) is 0 Å². The van der Waals surface area contributed by atoms with Gasteiger partial charge in [-0.15, -0.1) is 6.58 Å². The van der Waals surface area contributed by atoms with E-state index in [9.17, 15) is 4.79 Å². The zero-order chi connectivity index (χ0) is 15.1. The molecule has 0 fully saturated rings. The molecule has 2 N–H and O–H groups in total. The van der Waals surface area contributed by atoms with Crippen LogP contribution in [0, 0.1) is 6.92 Å². The summed E-state index contributed by atoms with van der Waals surface area (Å²) in [5, 5.41) is 5.83. The average Bonchev–Trinajstić information content (AvgIpc) is 2.51. The highest BCUT2D eigenvalue weighted by Crippen LogP contribution is 2.06. The van der Waals surface area contributed by atoms with E-state index in [4.69, 9.17) is 0 Å². The molecular formula is C15H17N5O. The molecule has 0 aromatic carbocycles. The number of carbonyl (C=O) groups is 1. The third kappa shape index (κ3) is 4.38. The van der Waals surface area contributed by atoms with Crippen molar-refractivity contribution in [3.63, 3.8) is 0 Å². The molecule has 0 aliphatic carbocycles. The Morgan fingerprint density at radius 1 is 1.38 bits per heavy atom. The highest BCUT2D eigenvalue weighted by atomic mass is 16.1. The molecule has 6 heteroatoms. The van der Waals surface area contributed by atoms with Crippen LogP contribution in [0.25, 0.3) is 0 Å². The van der Waals surface area contributed by atoms with Gasteiger partial charge in [-0.05, 0) is 19.1 Å². The van der Waals surface area contributed by atoms with Gasteiger partial charge in [0.2, 0.25) is 0 Å². The van der Waals surface area contributed by atoms with E-state index in [-0.39, 0.29) is 5.91 Å². The second-order valence-electron chi connectivity index (χ2n) is 4.36. The number of aryl methyl sites for hydroxylation is 1. The van der Waals surface area contributed by atoms with Crippen LogP contribution in [-0.2, 0) is 6.54 Å². The lowest BCUT2D eigenvalue weighted by Crippen LogP contribution is -2.25. The van der Waals surface area contributed by atoms with E-state index in [0.717, 1.165) is 5.69 Å². The first-order valence-electron chi connectivity index (χ1n) is 6.57. The molecule has 2 rings (SSSR count). The Morgan fingerprint density at radius 3 is 2.95 bits per heavy atom. The van der Waals surface area contributed by atoms with Crippen molar-refractivity contribution < 1.29 is 4.79 Å². The van der Waals surface area contributed by atoms with Gasteiger partial charge in [0.1, 0.15) is 17.3 Å². The van der Waals surface area contributed by atoms with Crippen LogP contribution in [0.2, 0.25) is 0 Å². The molecule has 2 aromatic rings. The zero-order valence-electron chi connectivity index (χ0n) is 11.8. The number of anilines is 1. The summed E-state index contributed by atoms with van der Waals surface area (Å²) in [7, 11) is 0. The number of nitrogens with zero attached hydrogens (tertiary/aromatic N) is 3. The van der Waals surface area contributed by atoms with E-state index >= 15 is 0 Å². The summed E-state index contributed by atoms with van der Waals surface area (Å²) in [6.07, 6.45) is 3.41. The van der Waals surface area contributed by atoms with Crippen LogP contribution < -0.4 is 10.6 Å². The number of hydrogen-bond acceptors (Lipinski definition) is 5. The molecule has 108 valence electrons. The minimum Gasteiger partial charge on any atom is -0.366 e. The second-order valence-corrected chi connectivity index (χ2v) is 4.36. The molecule has 2 aromatic heterocycles. The van der Waals surface area contributed by atoms with E-state index in [1.54, 1.807) is 25.3 Å². The number of amides is 1. The predicted molar refractivity (Wildman–Crippen MR) is 80.9 cm³/mol. The molecule has 0 aliphatic heterocycles. The first-order chi connectivity index (χ1) is 10.2. The van der Waals surface area contributed by atoms with Gasteiger partial charge in [-0.2, -0.15) is 0 Å². The smallest absolute Gasteiger partial charge is 0.270 e. The fraction of sp³-hybridized carbons (Fsp3) is 0.200. The second kappa shape index (κ2) is 7.14. The van der Waals surface area contributed by atoms with Gasteiger partial charge in [0.05, 0.1) is 12.2 Å². The van der Waals surface area contributed by atoms with Gasteiger partial charge >= 0.3 is 0 Å². The summed E-state index contributed by atoms with van der Waals surface area (Å²) in [6.45, 7) is 6.31. The van der Waals surface area contributed by atoms with Crippen molar-refractivity contribution in [1.82, 2.24) is 20.3 Å². The van der Waals surface area contributed by atoms with E-state index in [0.29, 0.717) is 30.4 Å². The third-order valence-corrected chi connectivity index (χ3v) is 2.65. The number of pyridine rings is 1. The Bertz CT molecular complexity index is 627. The van der Waals surface area contributed by atoms with Crippen molar-refractivity contribution >= 4 is 11.7 Å². The van der Waals surface area contributed by atoms with Gasteiger partial charge in [-0.1, -0.05) is 12.1 Å². The lowest BCUT2D eigenvalue weighted by atomic mass is 10.3. The predicted octanol–water partition coefficient (Wildman–Crippen LogP) is 1.71. The Kier molecular flexibility index (Phi) is 4.98. The monoisotopic (exact) mass is 283 g/mol. The van der Waals surface area contributed by atoms with Gasteiger partial charge in [0.25, 0.3) is 5.91 Å². The summed E-state index contributed by atoms with van der Waals surface area (Å²) in [6, 6.07) is 7.17. The molecule has 21 heavy (non-hydrogen) atoms. The summed E-state index contributed by atoms with van der Waals surface area (Å²) < 4.78 is 0. The van der Waals surface area contributed by atoms with Gasteiger partial charge < -0.3 is 10.6 Å². The molecule has 0 spiro atoms. The minimum absolute atomic E-state index is 0.257. The number of rotatable bonds is 6. The highest BCUT2D eigenvalue weighted by molar-refractivity contribution is 5.92. The highest BCUT2D eigenvalue weighted by Gasteiger charge is 2.10. The van der Waals surface area contributed by atoms with Crippen LogP contribution in [0.15, 0.2) is 43.1 Å². The van der Waals surface area contributed by atoms with Crippen molar-refractivity contribution in [2.75, 3.05) is 11.9 Å². The summed E-state index contributed by atoms with van der Waals surface area (Å²) >= 11 is 0. The number of hydrogen-bond donors (Lipinski definition) is 2. The maximum atomic E-state index is 12.1. The van der Waals surface area contributed by atoms with Crippen molar-refractivity contribution in [3.8, 4) is 0 Å². The third-order valence-electron chi connectivity index (χ3n) is 2.65. The lowest BCUT2D eigenvalue weighted by Gasteiger charge is -2.08. The molecule has 2 heterocycles. The molecule has 1 amide bonds. The van der Waals surface area contributed by atoms with E-state index in [2.05, 4.69) is 32.2 Å². The minimum atomic E-state index is -0.257. The first kappa shape index (κ1) is 14.6. The molecular weight excluding hydrogens is 266 g/mol. The zero-order valence-corrected chi connectivity index (χ0v) is 11.8. The molecule has 0 atom stereocenters. The van der Waals surface area contributed by atoms with Gasteiger partial charge in [-0.3, -0.25) is 9.78 Å². The Labute approximate surface area is 123 Å². The summed E-state index contributed by atoms with van der Waals surface area (Å²) in [5.41, 5.74) is 1.12. The van der Waals surface area contributed by atoms with Crippen molar-refractivity contribution in [3.05, 3.63) is 60.3 Å².